The van der Waals surface area contributed by atoms with Crippen molar-refractivity contribution in [1.29, 1.82) is 0 Å². The molecule has 1 rings (SSSR count). The molecule has 0 aromatic carbocycles. The molecule has 0 bridgehead atoms. The van der Waals surface area contributed by atoms with Crippen LogP contribution in [0.4, 0.5) is 5.82 Å². The summed E-state index contributed by atoms with van der Waals surface area (Å²) < 4.78 is 0. The number of hydrogen-bond acceptors (Lipinski definition) is 3. The minimum Gasteiger partial charge on any atom is -0.394 e. The molecule has 0 aliphatic heterocycles. The lowest BCUT2D eigenvalue weighted by Crippen LogP contribution is -2.23. The summed E-state index contributed by atoms with van der Waals surface area (Å²) >= 11 is 5.88. The summed E-state index contributed by atoms with van der Waals surface area (Å²) in [5, 5.41) is 12.6. The summed E-state index contributed by atoms with van der Waals surface area (Å²) in [6.45, 7) is 2.08. The van der Waals surface area contributed by atoms with E-state index >= 15 is 0 Å². The number of anilines is 1. The number of nitrogens with zero attached hydrogens (tertiary/aromatic N) is 1. The van der Waals surface area contributed by atoms with Crippen LogP contribution in [-0.2, 0) is 0 Å². The van der Waals surface area contributed by atoms with Gasteiger partial charge in [-0.25, -0.2) is 4.98 Å². The van der Waals surface area contributed by atoms with Crippen molar-refractivity contribution >= 4 is 17.4 Å². The van der Waals surface area contributed by atoms with Crippen molar-refractivity contribution in [2.24, 2.45) is 0 Å². The highest BCUT2D eigenvalue weighted by Crippen LogP contribution is 2.18. The van der Waals surface area contributed by atoms with E-state index in [1.807, 2.05) is 6.92 Å². The third-order valence-corrected chi connectivity index (χ3v) is 2.12. The molecule has 1 aromatic heterocycles. The molecule has 3 nitrogen and oxygen atoms in total. The quantitative estimate of drug-likeness (QED) is 0.781. The lowest BCUT2D eigenvalue weighted by Gasteiger charge is -2.14. The Morgan fingerprint density at radius 1 is 1.69 bits per heavy atom. The number of halogens is 1. The molecule has 0 fully saturated rings. The van der Waals surface area contributed by atoms with E-state index in [1.165, 1.54) is 0 Å². The van der Waals surface area contributed by atoms with Crippen LogP contribution in [0.2, 0.25) is 5.02 Å². The van der Waals surface area contributed by atoms with Gasteiger partial charge in [0.15, 0.2) is 0 Å². The predicted molar refractivity (Wildman–Crippen MR) is 54.0 cm³/mol. The smallest absolute Gasteiger partial charge is 0.145 e. The van der Waals surface area contributed by atoms with E-state index < -0.39 is 0 Å². The van der Waals surface area contributed by atoms with Crippen molar-refractivity contribution in [3.63, 3.8) is 0 Å². The topological polar surface area (TPSA) is 45.1 Å². The van der Waals surface area contributed by atoms with Gasteiger partial charge in [-0.05, 0) is 18.6 Å². The number of pyridine rings is 1. The Bertz CT molecular complexity index is 264. The maximum absolute atomic E-state index is 8.94. The van der Waals surface area contributed by atoms with Crippen molar-refractivity contribution in [2.75, 3.05) is 11.9 Å². The summed E-state index contributed by atoms with van der Waals surface area (Å²) in [6, 6.07) is 3.56. The third kappa shape index (κ3) is 2.86. The Morgan fingerprint density at radius 3 is 3.00 bits per heavy atom. The molecule has 0 amide bonds. The molecule has 1 atom stereocenters. The number of aromatic nitrogens is 1. The number of aliphatic hydroxyl groups is 1. The van der Waals surface area contributed by atoms with Gasteiger partial charge in [0, 0.05) is 6.20 Å². The lowest BCUT2D eigenvalue weighted by molar-refractivity contribution is 0.271. The van der Waals surface area contributed by atoms with Gasteiger partial charge in [0.1, 0.15) is 5.82 Å². The maximum atomic E-state index is 8.94. The van der Waals surface area contributed by atoms with E-state index in [2.05, 4.69) is 10.3 Å². The standard InChI is InChI=1S/C9H13ClN2O/c1-2-7(6-13)12-9-8(10)4-3-5-11-9/h3-5,7,13H,2,6H2,1H3,(H,11,12)/t7-/m0/s1. The molecule has 0 saturated carbocycles. The number of nitrogens with one attached hydrogen (secondary N) is 1. The zero-order valence-electron chi connectivity index (χ0n) is 7.50. The fourth-order valence-electron chi connectivity index (χ4n) is 0.962. The Balaban J connectivity index is 2.67. The van der Waals surface area contributed by atoms with Crippen LogP contribution in [0, 0.1) is 0 Å². The van der Waals surface area contributed by atoms with Gasteiger partial charge in [-0.15, -0.1) is 0 Å². The second-order valence-electron chi connectivity index (χ2n) is 2.77. The third-order valence-electron chi connectivity index (χ3n) is 1.81. The summed E-state index contributed by atoms with van der Waals surface area (Å²) in [5.41, 5.74) is 0. The molecular weight excluding hydrogens is 188 g/mol. The number of rotatable bonds is 4. The highest BCUT2D eigenvalue weighted by molar-refractivity contribution is 6.32. The van der Waals surface area contributed by atoms with Crippen molar-refractivity contribution in [3.8, 4) is 0 Å². The highest BCUT2D eigenvalue weighted by atomic mass is 35.5. The number of aliphatic hydroxyl groups excluding tert-OH is 1. The van der Waals surface area contributed by atoms with Gasteiger partial charge < -0.3 is 10.4 Å². The lowest BCUT2D eigenvalue weighted by atomic mass is 10.2. The molecule has 0 spiro atoms. The molecule has 1 heterocycles. The van der Waals surface area contributed by atoms with Crippen molar-refractivity contribution < 1.29 is 5.11 Å². The van der Waals surface area contributed by atoms with Crippen LogP contribution in [0.1, 0.15) is 13.3 Å². The van der Waals surface area contributed by atoms with Crippen molar-refractivity contribution in [1.82, 2.24) is 4.98 Å². The van der Waals surface area contributed by atoms with Crippen LogP contribution >= 0.6 is 11.6 Å². The molecular formula is C9H13ClN2O. The second kappa shape index (κ2) is 5.04. The van der Waals surface area contributed by atoms with E-state index in [0.717, 1.165) is 6.42 Å². The first-order valence-electron chi connectivity index (χ1n) is 4.25. The van der Waals surface area contributed by atoms with Gasteiger partial charge in [0.05, 0.1) is 17.7 Å². The molecule has 0 saturated heterocycles. The number of hydrogen-bond donors (Lipinski definition) is 2. The van der Waals surface area contributed by atoms with Gasteiger partial charge in [-0.2, -0.15) is 0 Å². The normalized spacial score (nSPS) is 12.5. The van der Waals surface area contributed by atoms with Crippen LogP contribution in [0.25, 0.3) is 0 Å². The zero-order valence-corrected chi connectivity index (χ0v) is 8.25. The molecule has 0 unspecified atom stereocenters. The van der Waals surface area contributed by atoms with Crippen LogP contribution in [-0.4, -0.2) is 22.7 Å². The molecule has 2 N–H and O–H groups in total. The van der Waals surface area contributed by atoms with Crippen LogP contribution < -0.4 is 5.32 Å². The van der Waals surface area contributed by atoms with Gasteiger partial charge >= 0.3 is 0 Å². The van der Waals surface area contributed by atoms with Crippen LogP contribution in [0.5, 0.6) is 0 Å². The molecule has 1 aromatic rings. The monoisotopic (exact) mass is 200 g/mol. The van der Waals surface area contributed by atoms with Gasteiger partial charge in [-0.1, -0.05) is 18.5 Å². The van der Waals surface area contributed by atoms with E-state index in [-0.39, 0.29) is 12.6 Å². The van der Waals surface area contributed by atoms with E-state index in [0.29, 0.717) is 10.8 Å². The van der Waals surface area contributed by atoms with Crippen LogP contribution in [0.15, 0.2) is 18.3 Å². The van der Waals surface area contributed by atoms with E-state index in [4.69, 9.17) is 16.7 Å². The first-order valence-corrected chi connectivity index (χ1v) is 4.63. The van der Waals surface area contributed by atoms with Crippen molar-refractivity contribution in [2.45, 2.75) is 19.4 Å². The largest absolute Gasteiger partial charge is 0.394 e. The Morgan fingerprint density at radius 2 is 2.46 bits per heavy atom. The Labute approximate surface area is 82.8 Å². The molecule has 0 aliphatic carbocycles. The van der Waals surface area contributed by atoms with E-state index in [9.17, 15) is 0 Å². The van der Waals surface area contributed by atoms with Gasteiger partial charge in [-0.3, -0.25) is 0 Å². The maximum Gasteiger partial charge on any atom is 0.145 e. The molecule has 72 valence electrons. The Hall–Kier alpha value is -0.800. The molecule has 13 heavy (non-hydrogen) atoms. The summed E-state index contributed by atoms with van der Waals surface area (Å²) in [6.07, 6.45) is 2.50. The van der Waals surface area contributed by atoms with Crippen molar-refractivity contribution in [3.05, 3.63) is 23.4 Å². The fraction of sp³-hybridized carbons (Fsp3) is 0.444. The average molecular weight is 201 g/mol. The zero-order chi connectivity index (χ0) is 9.68. The first kappa shape index (κ1) is 10.3. The highest BCUT2D eigenvalue weighted by Gasteiger charge is 2.06. The molecule has 0 aliphatic rings. The van der Waals surface area contributed by atoms with Gasteiger partial charge in [0.25, 0.3) is 0 Å². The van der Waals surface area contributed by atoms with Crippen LogP contribution in [0.3, 0.4) is 0 Å². The minimum absolute atomic E-state index is 0.0207. The second-order valence-corrected chi connectivity index (χ2v) is 3.17. The van der Waals surface area contributed by atoms with Gasteiger partial charge in [0.2, 0.25) is 0 Å². The SMILES string of the molecule is CC[C@@H](CO)Nc1ncccc1Cl. The molecule has 0 radical (unpaired) electrons. The summed E-state index contributed by atoms with van der Waals surface area (Å²) in [7, 11) is 0. The fourth-order valence-corrected chi connectivity index (χ4v) is 1.14. The average Bonchev–Trinajstić information content (AvgIpc) is 2.17. The summed E-state index contributed by atoms with van der Waals surface area (Å²) in [5.74, 6) is 0.630. The Kier molecular flexibility index (Phi) is 3.99. The minimum atomic E-state index is 0.0207. The first-order chi connectivity index (χ1) is 6.27. The summed E-state index contributed by atoms with van der Waals surface area (Å²) in [4.78, 5) is 4.06. The predicted octanol–water partition coefficient (Wildman–Crippen LogP) is 1.92. The van der Waals surface area contributed by atoms with E-state index in [1.54, 1.807) is 18.3 Å². The molecule has 4 heteroatoms.